The SMILES string of the molecule is CCOc1cc(/C=C2/SC(=O)N(c3cccc(Cl)c3)C2=O)c(Br)cc1OCc1ccccc1Cl. The Hall–Kier alpha value is -2.45. The molecule has 3 aromatic rings. The molecule has 0 saturated carbocycles. The largest absolute Gasteiger partial charge is 0.490 e. The molecule has 4 rings (SSSR count). The summed E-state index contributed by atoms with van der Waals surface area (Å²) in [6, 6.07) is 17.6. The summed E-state index contributed by atoms with van der Waals surface area (Å²) < 4.78 is 12.4. The predicted octanol–water partition coefficient (Wildman–Crippen LogP) is 7.97. The van der Waals surface area contributed by atoms with E-state index in [1.165, 1.54) is 0 Å². The molecule has 9 heteroatoms. The molecular weight excluding hydrogens is 561 g/mol. The number of hydrogen-bond donors (Lipinski definition) is 0. The second-order valence-corrected chi connectivity index (χ2v) is 9.82. The normalized spacial score (nSPS) is 14.7. The zero-order chi connectivity index (χ0) is 24.2. The van der Waals surface area contributed by atoms with Crippen LogP contribution < -0.4 is 14.4 Å². The number of imide groups is 1. The Bertz CT molecular complexity index is 1300. The van der Waals surface area contributed by atoms with Gasteiger partial charge in [0.15, 0.2) is 11.5 Å². The molecule has 1 aliphatic rings. The minimum absolute atomic E-state index is 0.268. The molecule has 1 saturated heterocycles. The van der Waals surface area contributed by atoms with Crippen LogP contribution in [0, 0.1) is 0 Å². The number of ether oxygens (including phenoxy) is 2. The third-order valence-electron chi connectivity index (χ3n) is 4.85. The third-order valence-corrected chi connectivity index (χ3v) is 7.01. The minimum Gasteiger partial charge on any atom is -0.490 e. The van der Waals surface area contributed by atoms with Gasteiger partial charge in [0.2, 0.25) is 0 Å². The summed E-state index contributed by atoms with van der Waals surface area (Å²) in [6.07, 6.45) is 1.65. The Kier molecular flexibility index (Phi) is 7.88. The molecular formula is C25H18BrCl2NO4S. The van der Waals surface area contributed by atoms with Gasteiger partial charge in [-0.3, -0.25) is 9.59 Å². The van der Waals surface area contributed by atoms with Crippen LogP contribution in [0.25, 0.3) is 6.08 Å². The number of thioether (sulfide) groups is 1. The number of carbonyl (C=O) groups excluding carboxylic acids is 2. The Morgan fingerprint density at radius 2 is 1.76 bits per heavy atom. The summed E-state index contributed by atoms with van der Waals surface area (Å²) in [6.45, 7) is 2.56. The molecule has 0 unspecified atom stereocenters. The monoisotopic (exact) mass is 577 g/mol. The highest BCUT2D eigenvalue weighted by Gasteiger charge is 2.36. The van der Waals surface area contributed by atoms with Gasteiger partial charge in [0, 0.05) is 20.1 Å². The van der Waals surface area contributed by atoms with Crippen LogP contribution in [-0.4, -0.2) is 17.8 Å². The summed E-state index contributed by atoms with van der Waals surface area (Å²) in [5.74, 6) is 0.622. The van der Waals surface area contributed by atoms with Crippen molar-refractivity contribution in [2.45, 2.75) is 13.5 Å². The number of nitrogens with zero attached hydrogens (tertiary/aromatic N) is 1. The molecule has 0 radical (unpaired) electrons. The first-order valence-corrected chi connectivity index (χ1v) is 12.6. The number of amides is 2. The van der Waals surface area contributed by atoms with Crippen molar-refractivity contribution >= 4 is 73.8 Å². The van der Waals surface area contributed by atoms with Crippen molar-refractivity contribution in [3.63, 3.8) is 0 Å². The number of halogens is 3. The molecule has 1 fully saturated rings. The fraction of sp³-hybridized carbons (Fsp3) is 0.120. The Morgan fingerprint density at radius 3 is 2.50 bits per heavy atom. The van der Waals surface area contributed by atoms with E-state index in [2.05, 4.69) is 15.9 Å². The maximum Gasteiger partial charge on any atom is 0.298 e. The van der Waals surface area contributed by atoms with Gasteiger partial charge < -0.3 is 9.47 Å². The molecule has 0 aliphatic carbocycles. The number of anilines is 1. The molecule has 0 atom stereocenters. The predicted molar refractivity (Wildman–Crippen MR) is 141 cm³/mol. The molecule has 2 amide bonds. The zero-order valence-corrected chi connectivity index (χ0v) is 21.8. The van der Waals surface area contributed by atoms with E-state index in [1.54, 1.807) is 48.5 Å². The summed E-state index contributed by atoms with van der Waals surface area (Å²) in [5, 5.41) is 0.669. The van der Waals surface area contributed by atoms with Crippen LogP contribution >= 0.6 is 50.9 Å². The molecule has 174 valence electrons. The first-order chi connectivity index (χ1) is 16.4. The molecule has 0 bridgehead atoms. The lowest BCUT2D eigenvalue weighted by Crippen LogP contribution is -2.27. The van der Waals surface area contributed by atoms with Crippen LogP contribution in [-0.2, 0) is 11.4 Å². The fourth-order valence-electron chi connectivity index (χ4n) is 3.26. The smallest absolute Gasteiger partial charge is 0.298 e. The van der Waals surface area contributed by atoms with Crippen molar-refractivity contribution in [3.05, 3.63) is 91.2 Å². The highest BCUT2D eigenvalue weighted by atomic mass is 79.9. The van der Waals surface area contributed by atoms with E-state index in [-0.39, 0.29) is 16.8 Å². The minimum atomic E-state index is -0.416. The zero-order valence-electron chi connectivity index (χ0n) is 17.9. The van der Waals surface area contributed by atoms with Gasteiger partial charge >= 0.3 is 0 Å². The van der Waals surface area contributed by atoms with Crippen LogP contribution in [0.4, 0.5) is 10.5 Å². The van der Waals surface area contributed by atoms with Crippen molar-refractivity contribution < 1.29 is 19.1 Å². The van der Waals surface area contributed by atoms with E-state index >= 15 is 0 Å². The Morgan fingerprint density at radius 1 is 1.00 bits per heavy atom. The molecule has 3 aromatic carbocycles. The maximum absolute atomic E-state index is 13.0. The lowest BCUT2D eigenvalue weighted by Gasteiger charge is -2.15. The van der Waals surface area contributed by atoms with Gasteiger partial charge in [-0.15, -0.1) is 0 Å². The average molecular weight is 579 g/mol. The second kappa shape index (κ2) is 10.9. The van der Waals surface area contributed by atoms with E-state index in [0.717, 1.165) is 22.2 Å². The van der Waals surface area contributed by atoms with Gasteiger partial charge in [0.1, 0.15) is 6.61 Å². The van der Waals surface area contributed by atoms with E-state index in [1.807, 2.05) is 25.1 Å². The van der Waals surface area contributed by atoms with Crippen molar-refractivity contribution in [1.29, 1.82) is 0 Å². The number of carbonyl (C=O) groups is 2. The van der Waals surface area contributed by atoms with Gasteiger partial charge in [-0.1, -0.05) is 63.4 Å². The average Bonchev–Trinajstić information content (AvgIpc) is 3.08. The van der Waals surface area contributed by atoms with Gasteiger partial charge in [-0.2, -0.15) is 0 Å². The molecule has 1 heterocycles. The Balaban J connectivity index is 1.61. The highest BCUT2D eigenvalue weighted by Crippen LogP contribution is 2.40. The van der Waals surface area contributed by atoms with Gasteiger partial charge in [0.05, 0.1) is 17.2 Å². The quantitative estimate of drug-likeness (QED) is 0.266. The summed E-state index contributed by atoms with van der Waals surface area (Å²) >= 11 is 16.7. The van der Waals surface area contributed by atoms with Gasteiger partial charge in [-0.05, 0) is 66.7 Å². The first kappa shape index (κ1) is 24.7. The van der Waals surface area contributed by atoms with Gasteiger partial charge in [-0.25, -0.2) is 4.90 Å². The Labute approximate surface area is 219 Å². The van der Waals surface area contributed by atoms with Crippen LogP contribution in [0.1, 0.15) is 18.1 Å². The van der Waals surface area contributed by atoms with Crippen molar-refractivity contribution in [2.24, 2.45) is 0 Å². The van der Waals surface area contributed by atoms with E-state index in [9.17, 15) is 9.59 Å². The molecule has 34 heavy (non-hydrogen) atoms. The van der Waals surface area contributed by atoms with Crippen molar-refractivity contribution in [1.82, 2.24) is 0 Å². The molecule has 0 spiro atoms. The topological polar surface area (TPSA) is 55.8 Å². The third kappa shape index (κ3) is 5.44. The lowest BCUT2D eigenvalue weighted by molar-refractivity contribution is -0.113. The van der Waals surface area contributed by atoms with E-state index in [4.69, 9.17) is 32.7 Å². The van der Waals surface area contributed by atoms with Crippen molar-refractivity contribution in [2.75, 3.05) is 11.5 Å². The van der Waals surface area contributed by atoms with Crippen molar-refractivity contribution in [3.8, 4) is 11.5 Å². The van der Waals surface area contributed by atoms with Crippen LogP contribution in [0.15, 0.2) is 70.0 Å². The summed E-state index contributed by atoms with van der Waals surface area (Å²) in [5.41, 5.74) is 1.95. The van der Waals surface area contributed by atoms with Gasteiger partial charge in [0.25, 0.3) is 11.1 Å². The maximum atomic E-state index is 13.0. The summed E-state index contributed by atoms with van der Waals surface area (Å²) in [7, 11) is 0. The van der Waals surface area contributed by atoms with E-state index < -0.39 is 5.91 Å². The molecule has 5 nitrogen and oxygen atoms in total. The molecule has 0 aromatic heterocycles. The molecule has 0 N–H and O–H groups in total. The standard InChI is InChI=1S/C25H18BrCl2NO4S/c1-2-32-21-10-16(19(26)13-22(21)33-14-15-6-3-4-9-20(15)28)11-23-24(30)29(25(31)34-23)18-8-5-7-17(27)12-18/h3-13H,2,14H2,1H3/b23-11+. The fourth-order valence-corrected chi connectivity index (χ4v) is 4.90. The summed E-state index contributed by atoms with van der Waals surface area (Å²) in [4.78, 5) is 27.0. The number of hydrogen-bond acceptors (Lipinski definition) is 5. The van der Waals surface area contributed by atoms with Crippen LogP contribution in [0.3, 0.4) is 0 Å². The molecule has 1 aliphatic heterocycles. The second-order valence-electron chi connectivity index (χ2n) is 7.13. The lowest BCUT2D eigenvalue weighted by atomic mass is 10.1. The van der Waals surface area contributed by atoms with E-state index in [0.29, 0.717) is 43.9 Å². The van der Waals surface area contributed by atoms with Crippen LogP contribution in [0.2, 0.25) is 10.0 Å². The highest BCUT2D eigenvalue weighted by molar-refractivity contribution is 9.10. The van der Waals surface area contributed by atoms with Crippen LogP contribution in [0.5, 0.6) is 11.5 Å². The number of rotatable bonds is 7. The number of benzene rings is 3. The first-order valence-electron chi connectivity index (χ1n) is 10.2.